The van der Waals surface area contributed by atoms with Crippen molar-refractivity contribution >= 4 is 10.2 Å². The summed E-state index contributed by atoms with van der Waals surface area (Å²) < 4.78 is 5.61. The molecule has 1 heterocycles. The molecule has 0 amide bonds. The van der Waals surface area contributed by atoms with Gasteiger partial charge < -0.3 is 4.74 Å². The number of rotatable bonds is 1. The van der Waals surface area contributed by atoms with E-state index >= 15 is 0 Å². The van der Waals surface area contributed by atoms with Crippen LogP contribution in [-0.4, -0.2) is 22.1 Å². The molecule has 0 aromatic heterocycles. The molecule has 1 unspecified atom stereocenters. The molecule has 1 atom stereocenters. The number of hydrogen-bond acceptors (Lipinski definition) is 1. The Kier molecular flexibility index (Phi) is 2.49. The SMILES string of the molecule is C=C=CC1([SiH3])CCCCO1. The van der Waals surface area contributed by atoms with Crippen LogP contribution in [0.1, 0.15) is 19.3 Å². The van der Waals surface area contributed by atoms with E-state index in [0.717, 1.165) is 16.8 Å². The first-order valence-electron chi connectivity index (χ1n) is 3.78. The molecule has 1 rings (SSSR count). The third-order valence-corrected chi connectivity index (χ3v) is 2.98. The van der Waals surface area contributed by atoms with Crippen molar-refractivity contribution in [1.82, 2.24) is 0 Å². The van der Waals surface area contributed by atoms with Crippen molar-refractivity contribution in [3.63, 3.8) is 0 Å². The summed E-state index contributed by atoms with van der Waals surface area (Å²) in [6.45, 7) is 4.48. The van der Waals surface area contributed by atoms with Gasteiger partial charge in [-0.05, 0) is 25.3 Å². The fourth-order valence-corrected chi connectivity index (χ4v) is 2.05. The second-order valence-corrected chi connectivity index (χ2v) is 4.66. The Morgan fingerprint density at radius 1 is 1.60 bits per heavy atom. The molecule has 10 heavy (non-hydrogen) atoms. The predicted molar refractivity (Wildman–Crippen MR) is 46.2 cm³/mol. The molecule has 0 saturated carbocycles. The summed E-state index contributed by atoms with van der Waals surface area (Å²) in [4.78, 5) is 0. The maximum atomic E-state index is 5.61. The topological polar surface area (TPSA) is 9.23 Å². The van der Waals surface area contributed by atoms with Crippen LogP contribution in [0.15, 0.2) is 18.4 Å². The van der Waals surface area contributed by atoms with Crippen molar-refractivity contribution < 1.29 is 4.74 Å². The Morgan fingerprint density at radius 3 is 2.90 bits per heavy atom. The van der Waals surface area contributed by atoms with Gasteiger partial charge in [0.15, 0.2) is 0 Å². The van der Waals surface area contributed by atoms with Gasteiger partial charge in [0.25, 0.3) is 0 Å². The van der Waals surface area contributed by atoms with Crippen molar-refractivity contribution in [3.8, 4) is 0 Å². The smallest absolute Gasteiger partial charge is 0.0727 e. The molecule has 0 bridgehead atoms. The van der Waals surface area contributed by atoms with E-state index in [1.54, 1.807) is 0 Å². The predicted octanol–water partition coefficient (Wildman–Crippen LogP) is 0.590. The molecule has 1 aliphatic heterocycles. The van der Waals surface area contributed by atoms with Gasteiger partial charge in [0.1, 0.15) is 0 Å². The zero-order valence-electron chi connectivity index (χ0n) is 6.52. The molecule has 0 aromatic rings. The molecule has 0 radical (unpaired) electrons. The highest BCUT2D eigenvalue weighted by Crippen LogP contribution is 2.22. The summed E-state index contributed by atoms with van der Waals surface area (Å²) in [5.74, 6) is 0. The van der Waals surface area contributed by atoms with Gasteiger partial charge in [-0.15, -0.1) is 5.73 Å². The van der Waals surface area contributed by atoms with Crippen LogP contribution < -0.4 is 0 Å². The molecule has 1 fully saturated rings. The van der Waals surface area contributed by atoms with Gasteiger partial charge >= 0.3 is 0 Å². The van der Waals surface area contributed by atoms with Crippen molar-refractivity contribution in [1.29, 1.82) is 0 Å². The van der Waals surface area contributed by atoms with E-state index in [9.17, 15) is 0 Å². The number of hydrogen-bond donors (Lipinski definition) is 0. The Balaban J connectivity index is 2.56. The highest BCUT2D eigenvalue weighted by atomic mass is 28.1. The summed E-state index contributed by atoms with van der Waals surface area (Å²) in [7, 11) is 1.06. The van der Waals surface area contributed by atoms with E-state index in [4.69, 9.17) is 4.74 Å². The van der Waals surface area contributed by atoms with E-state index in [1.165, 1.54) is 19.3 Å². The van der Waals surface area contributed by atoms with Crippen molar-refractivity contribution in [3.05, 3.63) is 18.4 Å². The lowest BCUT2D eigenvalue weighted by Crippen LogP contribution is -2.34. The molecular weight excluding hydrogens is 140 g/mol. The fraction of sp³-hybridized carbons (Fsp3) is 0.625. The standard InChI is InChI=1S/C8H14OSi/c1-2-5-8(10)6-3-4-7-9-8/h5H,1,3-4,6-7H2,10H3. The Morgan fingerprint density at radius 2 is 2.40 bits per heavy atom. The highest BCUT2D eigenvalue weighted by molar-refractivity contribution is 6.16. The molecular formula is C8H14OSi. The van der Waals surface area contributed by atoms with Gasteiger partial charge in [-0.25, -0.2) is 0 Å². The fourth-order valence-electron chi connectivity index (χ4n) is 1.29. The highest BCUT2D eigenvalue weighted by Gasteiger charge is 2.23. The maximum absolute atomic E-state index is 5.61. The Labute approximate surface area is 65.2 Å². The lowest BCUT2D eigenvalue weighted by atomic mass is 10.1. The minimum atomic E-state index is 0.0694. The summed E-state index contributed by atoms with van der Waals surface area (Å²) in [5, 5.41) is 0.0694. The number of ether oxygens (including phenoxy) is 1. The normalized spacial score (nSPS) is 33.2. The van der Waals surface area contributed by atoms with Crippen LogP contribution >= 0.6 is 0 Å². The minimum Gasteiger partial charge on any atom is -0.375 e. The molecule has 0 aromatic carbocycles. The average molecular weight is 154 g/mol. The molecule has 1 saturated heterocycles. The van der Waals surface area contributed by atoms with Crippen LogP contribution in [0.3, 0.4) is 0 Å². The largest absolute Gasteiger partial charge is 0.375 e. The molecule has 0 N–H and O–H groups in total. The molecule has 56 valence electrons. The van der Waals surface area contributed by atoms with Crippen LogP contribution in [0, 0.1) is 0 Å². The first kappa shape index (κ1) is 7.80. The van der Waals surface area contributed by atoms with Crippen molar-refractivity contribution in [2.24, 2.45) is 0 Å². The van der Waals surface area contributed by atoms with Crippen LogP contribution in [0.4, 0.5) is 0 Å². The Bertz CT molecular complexity index is 153. The van der Waals surface area contributed by atoms with Crippen LogP contribution in [0.5, 0.6) is 0 Å². The quantitative estimate of drug-likeness (QED) is 0.397. The van der Waals surface area contributed by atoms with Crippen molar-refractivity contribution in [2.75, 3.05) is 6.61 Å². The monoisotopic (exact) mass is 154 g/mol. The van der Waals surface area contributed by atoms with Crippen LogP contribution in [0.2, 0.25) is 0 Å². The molecule has 1 nitrogen and oxygen atoms in total. The molecule has 2 heteroatoms. The first-order valence-corrected chi connectivity index (χ1v) is 4.78. The molecule has 0 spiro atoms. The van der Waals surface area contributed by atoms with E-state index < -0.39 is 0 Å². The molecule has 1 aliphatic rings. The third-order valence-electron chi connectivity index (χ3n) is 1.91. The van der Waals surface area contributed by atoms with E-state index in [2.05, 4.69) is 12.3 Å². The van der Waals surface area contributed by atoms with Gasteiger partial charge in [0, 0.05) is 16.8 Å². The third kappa shape index (κ3) is 1.84. The molecule has 0 aliphatic carbocycles. The van der Waals surface area contributed by atoms with Gasteiger partial charge in [0.2, 0.25) is 0 Å². The van der Waals surface area contributed by atoms with Gasteiger partial charge in [-0.3, -0.25) is 0 Å². The zero-order valence-corrected chi connectivity index (χ0v) is 8.52. The minimum absolute atomic E-state index is 0.0694. The second kappa shape index (κ2) is 3.20. The Hall–Kier alpha value is -0.303. The lowest BCUT2D eigenvalue weighted by molar-refractivity contribution is 0.0155. The van der Waals surface area contributed by atoms with Crippen LogP contribution in [-0.2, 0) is 4.74 Å². The average Bonchev–Trinajstić information content (AvgIpc) is 1.89. The summed E-state index contributed by atoms with van der Waals surface area (Å²) in [5.41, 5.74) is 2.81. The first-order chi connectivity index (χ1) is 4.77. The zero-order chi connectivity index (χ0) is 7.45. The van der Waals surface area contributed by atoms with Gasteiger partial charge in [-0.2, -0.15) is 0 Å². The van der Waals surface area contributed by atoms with E-state index in [0.29, 0.717) is 0 Å². The van der Waals surface area contributed by atoms with Crippen LogP contribution in [0.25, 0.3) is 0 Å². The van der Waals surface area contributed by atoms with Crippen molar-refractivity contribution in [2.45, 2.75) is 24.5 Å². The summed E-state index contributed by atoms with van der Waals surface area (Å²) >= 11 is 0. The van der Waals surface area contributed by atoms with Gasteiger partial charge in [-0.1, -0.05) is 6.58 Å². The summed E-state index contributed by atoms with van der Waals surface area (Å²) in [6, 6.07) is 0. The van der Waals surface area contributed by atoms with Gasteiger partial charge in [0.05, 0.1) is 5.22 Å². The second-order valence-electron chi connectivity index (χ2n) is 2.97. The maximum Gasteiger partial charge on any atom is 0.0727 e. The summed E-state index contributed by atoms with van der Waals surface area (Å²) in [6.07, 6.45) is 5.66. The van der Waals surface area contributed by atoms with E-state index in [-0.39, 0.29) is 5.22 Å². The van der Waals surface area contributed by atoms with E-state index in [1.807, 2.05) is 6.08 Å². The lowest BCUT2D eigenvalue weighted by Gasteiger charge is -2.30.